The van der Waals surface area contributed by atoms with Gasteiger partial charge in [0.2, 0.25) is 5.95 Å². The molecule has 9 heteroatoms. The first-order valence-electron chi connectivity index (χ1n) is 12.5. The van der Waals surface area contributed by atoms with Crippen molar-refractivity contribution < 1.29 is 9.13 Å². The van der Waals surface area contributed by atoms with Crippen LogP contribution in [-0.4, -0.2) is 46.7 Å². The highest BCUT2D eigenvalue weighted by molar-refractivity contribution is 5.85. The zero-order valence-electron chi connectivity index (χ0n) is 21.1. The summed E-state index contributed by atoms with van der Waals surface area (Å²) in [6, 6.07) is 25.2. The number of hydrogen-bond acceptors (Lipinski definition) is 5. The smallest absolute Gasteiger partial charge is 0.204 e. The Morgan fingerprint density at radius 3 is 2.34 bits per heavy atom. The van der Waals surface area contributed by atoms with Gasteiger partial charge in [-0.2, -0.15) is 5.26 Å². The van der Waals surface area contributed by atoms with Gasteiger partial charge in [0.15, 0.2) is 6.61 Å². The van der Waals surface area contributed by atoms with Gasteiger partial charge in [-0.25, -0.2) is 9.37 Å². The molecule has 1 aliphatic heterocycles. The molecular formula is C29H32Cl2FN5O. The minimum atomic E-state index is -0.221. The zero-order chi connectivity index (χ0) is 24.7. The molecule has 0 radical (unpaired) electrons. The highest BCUT2D eigenvalue weighted by Crippen LogP contribution is 2.24. The van der Waals surface area contributed by atoms with Crippen molar-refractivity contribution in [3.8, 4) is 11.8 Å². The Morgan fingerprint density at radius 1 is 0.947 bits per heavy atom. The van der Waals surface area contributed by atoms with Crippen molar-refractivity contribution in [3.05, 3.63) is 89.7 Å². The molecule has 0 unspecified atom stereocenters. The summed E-state index contributed by atoms with van der Waals surface area (Å²) < 4.78 is 20.9. The summed E-state index contributed by atoms with van der Waals surface area (Å²) in [5.74, 6) is 1.39. The average Bonchev–Trinajstić information content (AvgIpc) is 3.25. The van der Waals surface area contributed by atoms with Crippen LogP contribution in [0.3, 0.4) is 0 Å². The second-order valence-electron chi connectivity index (χ2n) is 9.24. The standard InChI is InChI=1S/C29H30FN5O.2ClH/c30-24-9-5-23(6-10-24)21-35-28-4-2-1-3-27(28)33-29(35)32-25-14-18-34(19-15-25)17-13-22-7-11-26(12-8-22)36-20-16-31;;/h1-12,25H,13-15,17-21H2,(H,32,33);2*1H. The number of aromatic nitrogens is 2. The lowest BCUT2D eigenvalue weighted by molar-refractivity contribution is 0.221. The third kappa shape index (κ3) is 7.38. The van der Waals surface area contributed by atoms with Crippen LogP contribution in [0.1, 0.15) is 24.0 Å². The number of anilines is 1. The fourth-order valence-corrected chi connectivity index (χ4v) is 4.76. The SMILES string of the molecule is Cl.Cl.N#CCOc1ccc(CCN2CCC(Nc3nc4ccccc4n3Cc3ccc(F)cc3)CC2)cc1. The van der Waals surface area contributed by atoms with Gasteiger partial charge in [-0.15, -0.1) is 24.8 Å². The van der Waals surface area contributed by atoms with Crippen LogP contribution in [0.4, 0.5) is 10.3 Å². The summed E-state index contributed by atoms with van der Waals surface area (Å²) in [7, 11) is 0. The van der Waals surface area contributed by atoms with E-state index in [2.05, 4.69) is 33.0 Å². The number of nitrogens with one attached hydrogen (secondary N) is 1. The number of halogens is 3. The van der Waals surface area contributed by atoms with E-state index in [4.69, 9.17) is 15.0 Å². The molecule has 1 fully saturated rings. The molecule has 1 aliphatic rings. The van der Waals surface area contributed by atoms with E-state index in [0.717, 1.165) is 67.2 Å². The van der Waals surface area contributed by atoms with Gasteiger partial charge in [-0.3, -0.25) is 0 Å². The Morgan fingerprint density at radius 2 is 1.63 bits per heavy atom. The number of nitriles is 1. The number of imidazole rings is 1. The molecular weight excluding hydrogens is 524 g/mol. The number of likely N-dealkylation sites (tertiary alicyclic amines) is 1. The van der Waals surface area contributed by atoms with E-state index < -0.39 is 0 Å². The van der Waals surface area contributed by atoms with Crippen LogP contribution in [0.25, 0.3) is 11.0 Å². The number of piperidine rings is 1. The summed E-state index contributed by atoms with van der Waals surface area (Å²) in [5.41, 5.74) is 4.35. The lowest BCUT2D eigenvalue weighted by Crippen LogP contribution is -2.40. The number of hydrogen-bond donors (Lipinski definition) is 1. The Bertz CT molecular complexity index is 1330. The van der Waals surface area contributed by atoms with Crippen molar-refractivity contribution >= 4 is 41.8 Å². The normalized spacial score (nSPS) is 13.8. The minimum absolute atomic E-state index is 0. The van der Waals surface area contributed by atoms with E-state index in [1.54, 1.807) is 0 Å². The zero-order valence-corrected chi connectivity index (χ0v) is 22.7. The van der Waals surface area contributed by atoms with E-state index in [9.17, 15) is 4.39 Å². The first-order chi connectivity index (χ1) is 17.7. The minimum Gasteiger partial charge on any atom is -0.479 e. The summed E-state index contributed by atoms with van der Waals surface area (Å²) in [5, 5.41) is 12.3. The summed E-state index contributed by atoms with van der Waals surface area (Å²) in [6.07, 6.45) is 3.10. The lowest BCUT2D eigenvalue weighted by Gasteiger charge is -2.32. The van der Waals surface area contributed by atoms with Gasteiger partial charge < -0.3 is 19.5 Å². The Kier molecular flexibility index (Phi) is 10.8. The molecule has 0 amide bonds. The van der Waals surface area contributed by atoms with E-state index in [1.165, 1.54) is 17.7 Å². The average molecular weight is 557 g/mol. The van der Waals surface area contributed by atoms with E-state index in [1.807, 2.05) is 48.5 Å². The van der Waals surface area contributed by atoms with E-state index >= 15 is 0 Å². The molecule has 1 aromatic heterocycles. The molecule has 6 nitrogen and oxygen atoms in total. The fourth-order valence-electron chi connectivity index (χ4n) is 4.76. The maximum atomic E-state index is 13.4. The van der Waals surface area contributed by atoms with Crippen molar-refractivity contribution in [2.45, 2.75) is 31.8 Å². The molecule has 2 heterocycles. The van der Waals surface area contributed by atoms with Crippen LogP contribution >= 0.6 is 24.8 Å². The molecule has 1 N–H and O–H groups in total. The van der Waals surface area contributed by atoms with Gasteiger partial charge in [0.1, 0.15) is 17.6 Å². The van der Waals surface area contributed by atoms with Crippen LogP contribution in [-0.2, 0) is 13.0 Å². The molecule has 200 valence electrons. The summed E-state index contributed by atoms with van der Waals surface area (Å²) in [4.78, 5) is 7.39. The first-order valence-corrected chi connectivity index (χ1v) is 12.5. The third-order valence-corrected chi connectivity index (χ3v) is 6.77. The second-order valence-corrected chi connectivity index (χ2v) is 9.24. The van der Waals surface area contributed by atoms with E-state index in [0.29, 0.717) is 12.6 Å². The maximum Gasteiger partial charge on any atom is 0.204 e. The molecule has 38 heavy (non-hydrogen) atoms. The number of nitrogens with zero attached hydrogens (tertiary/aromatic N) is 4. The lowest BCUT2D eigenvalue weighted by atomic mass is 10.0. The molecule has 0 spiro atoms. The number of para-hydroxylation sites is 2. The predicted octanol–water partition coefficient (Wildman–Crippen LogP) is 6.09. The van der Waals surface area contributed by atoms with E-state index in [-0.39, 0.29) is 37.2 Å². The van der Waals surface area contributed by atoms with Crippen LogP contribution in [0.5, 0.6) is 5.75 Å². The van der Waals surface area contributed by atoms with Crippen LogP contribution in [0.2, 0.25) is 0 Å². The quantitative estimate of drug-likeness (QED) is 0.270. The third-order valence-electron chi connectivity index (χ3n) is 6.77. The molecule has 0 aliphatic carbocycles. The van der Waals surface area contributed by atoms with Gasteiger partial charge in [0.05, 0.1) is 17.6 Å². The summed E-state index contributed by atoms with van der Waals surface area (Å²) in [6.45, 7) is 3.82. The highest BCUT2D eigenvalue weighted by Gasteiger charge is 2.21. The largest absolute Gasteiger partial charge is 0.479 e. The van der Waals surface area contributed by atoms with Gasteiger partial charge in [-0.1, -0.05) is 36.4 Å². The Balaban J connectivity index is 0.00000200. The van der Waals surface area contributed by atoms with Crippen LogP contribution in [0, 0.1) is 17.1 Å². The topological polar surface area (TPSA) is 66.1 Å². The van der Waals surface area contributed by atoms with Gasteiger partial charge >= 0.3 is 0 Å². The molecule has 0 saturated carbocycles. The van der Waals surface area contributed by atoms with Crippen molar-refractivity contribution in [1.82, 2.24) is 14.5 Å². The van der Waals surface area contributed by atoms with Crippen LogP contribution < -0.4 is 10.1 Å². The fraction of sp³-hybridized carbons (Fsp3) is 0.310. The van der Waals surface area contributed by atoms with Crippen molar-refractivity contribution in [1.29, 1.82) is 5.26 Å². The molecule has 0 bridgehead atoms. The molecule has 4 aromatic rings. The molecule has 1 saturated heterocycles. The van der Waals surface area contributed by atoms with Crippen molar-refractivity contribution in [2.24, 2.45) is 0 Å². The van der Waals surface area contributed by atoms with Gasteiger partial charge in [-0.05, 0) is 66.8 Å². The van der Waals surface area contributed by atoms with Crippen molar-refractivity contribution in [3.63, 3.8) is 0 Å². The predicted molar refractivity (Wildman–Crippen MR) is 154 cm³/mol. The number of rotatable bonds is 9. The second kappa shape index (κ2) is 14.0. The van der Waals surface area contributed by atoms with Crippen LogP contribution in [0.15, 0.2) is 72.8 Å². The summed E-state index contributed by atoms with van der Waals surface area (Å²) >= 11 is 0. The highest BCUT2D eigenvalue weighted by atomic mass is 35.5. The Hall–Kier alpha value is -3.31. The monoisotopic (exact) mass is 555 g/mol. The Labute approximate surface area is 235 Å². The number of fused-ring (bicyclic) bond motifs is 1. The maximum absolute atomic E-state index is 13.4. The first kappa shape index (κ1) is 29.2. The number of ether oxygens (including phenoxy) is 1. The van der Waals surface area contributed by atoms with Gasteiger partial charge in [0.25, 0.3) is 0 Å². The van der Waals surface area contributed by atoms with Crippen molar-refractivity contribution in [2.75, 3.05) is 31.6 Å². The molecule has 0 atom stereocenters. The van der Waals surface area contributed by atoms with Gasteiger partial charge in [0, 0.05) is 25.7 Å². The molecule has 3 aromatic carbocycles. The number of benzene rings is 3. The molecule has 5 rings (SSSR count).